The summed E-state index contributed by atoms with van der Waals surface area (Å²) in [4.78, 5) is 25.3. The smallest absolute Gasteiger partial charge is 0.266 e. The molecule has 0 bridgehead atoms. The Kier molecular flexibility index (Phi) is 5.13. The van der Waals surface area contributed by atoms with Crippen molar-refractivity contribution in [3.8, 4) is 0 Å². The molecule has 0 saturated carbocycles. The van der Waals surface area contributed by atoms with Gasteiger partial charge < -0.3 is 15.1 Å². The molecule has 0 aliphatic carbocycles. The first-order valence-corrected chi connectivity index (χ1v) is 9.67. The minimum Gasteiger partial charge on any atom is -0.362 e. The quantitative estimate of drug-likeness (QED) is 0.899. The van der Waals surface area contributed by atoms with Crippen LogP contribution in [0, 0.1) is 6.92 Å². The lowest BCUT2D eigenvalue weighted by Crippen LogP contribution is -2.64. The fourth-order valence-corrected chi connectivity index (χ4v) is 4.78. The Bertz CT molecular complexity index is 594. The molecule has 1 aromatic rings. The number of piperazine rings is 1. The number of nitrogens with zero attached hydrogens (tertiary/aromatic N) is 4. The summed E-state index contributed by atoms with van der Waals surface area (Å²) < 4.78 is 0. The maximum Gasteiger partial charge on any atom is 0.266 e. The number of rotatable bonds is 3. The van der Waals surface area contributed by atoms with Gasteiger partial charge in [0, 0.05) is 31.7 Å². The van der Waals surface area contributed by atoms with Crippen LogP contribution in [0.15, 0.2) is 0 Å². The van der Waals surface area contributed by atoms with E-state index in [2.05, 4.69) is 39.1 Å². The summed E-state index contributed by atoms with van der Waals surface area (Å²) >= 11 is 1.49. The van der Waals surface area contributed by atoms with E-state index in [-0.39, 0.29) is 11.4 Å². The molecule has 0 unspecified atom stereocenters. The number of piperidine rings is 1. The lowest BCUT2D eigenvalue weighted by Gasteiger charge is -2.52. The highest BCUT2D eigenvalue weighted by atomic mass is 32.1. The van der Waals surface area contributed by atoms with Crippen molar-refractivity contribution in [3.05, 3.63) is 10.6 Å². The number of aryl methyl sites for hydroxylation is 1. The van der Waals surface area contributed by atoms with Crippen molar-refractivity contribution in [3.63, 3.8) is 0 Å². The van der Waals surface area contributed by atoms with Crippen LogP contribution in [0.3, 0.4) is 0 Å². The van der Waals surface area contributed by atoms with Crippen LogP contribution in [-0.2, 0) is 0 Å². The van der Waals surface area contributed by atoms with Crippen molar-refractivity contribution in [1.29, 1.82) is 0 Å². The van der Waals surface area contributed by atoms with Gasteiger partial charge in [-0.2, -0.15) is 0 Å². The van der Waals surface area contributed by atoms with Crippen LogP contribution >= 0.6 is 11.3 Å². The molecule has 2 aliphatic rings. The monoisotopic (exact) mass is 351 g/mol. The van der Waals surface area contributed by atoms with E-state index in [0.717, 1.165) is 67.8 Å². The standard InChI is InChI=1S/C17H29N5OS/c1-5-18-16-19-13(2)14(24-16)15(23)22-11-10-21(4)17(12-22)6-8-20(3)9-7-17/h5-12H2,1-4H3,(H,18,19). The van der Waals surface area contributed by atoms with Gasteiger partial charge in [0.05, 0.1) is 5.69 Å². The van der Waals surface area contributed by atoms with Crippen molar-refractivity contribution < 1.29 is 4.79 Å². The van der Waals surface area contributed by atoms with Gasteiger partial charge in [0.15, 0.2) is 5.13 Å². The van der Waals surface area contributed by atoms with Gasteiger partial charge in [0.2, 0.25) is 0 Å². The second-order valence-corrected chi connectivity index (χ2v) is 8.14. The van der Waals surface area contributed by atoms with E-state index in [4.69, 9.17) is 0 Å². The van der Waals surface area contributed by atoms with Crippen LogP contribution in [0.4, 0.5) is 5.13 Å². The minimum absolute atomic E-state index is 0.142. The fraction of sp³-hybridized carbons (Fsp3) is 0.765. The molecular weight excluding hydrogens is 322 g/mol. The van der Waals surface area contributed by atoms with E-state index >= 15 is 0 Å². The molecule has 3 rings (SSSR count). The first-order valence-electron chi connectivity index (χ1n) is 8.85. The summed E-state index contributed by atoms with van der Waals surface area (Å²) in [6, 6.07) is 0. The molecule has 2 saturated heterocycles. The van der Waals surface area contributed by atoms with Gasteiger partial charge in [-0.05, 0) is 53.9 Å². The summed E-state index contributed by atoms with van der Waals surface area (Å²) in [6.45, 7) is 9.62. The SMILES string of the molecule is CCNc1nc(C)c(C(=O)N2CCN(C)C3(CCN(C)CC3)C2)s1. The lowest BCUT2D eigenvalue weighted by molar-refractivity contribution is -0.0169. The Labute approximate surface area is 148 Å². The highest BCUT2D eigenvalue weighted by Gasteiger charge is 2.43. The van der Waals surface area contributed by atoms with Crippen molar-refractivity contribution in [1.82, 2.24) is 19.7 Å². The third kappa shape index (κ3) is 3.30. The van der Waals surface area contributed by atoms with Crippen molar-refractivity contribution in [2.24, 2.45) is 0 Å². The second kappa shape index (κ2) is 6.98. The van der Waals surface area contributed by atoms with Crippen LogP contribution in [0.25, 0.3) is 0 Å². The summed E-state index contributed by atoms with van der Waals surface area (Å²) in [6.07, 6.45) is 2.27. The maximum absolute atomic E-state index is 13.1. The zero-order chi connectivity index (χ0) is 17.3. The average molecular weight is 352 g/mol. The number of likely N-dealkylation sites (tertiary alicyclic amines) is 1. The van der Waals surface area contributed by atoms with Gasteiger partial charge in [-0.1, -0.05) is 11.3 Å². The normalized spacial score (nSPS) is 22.1. The highest BCUT2D eigenvalue weighted by Crippen LogP contribution is 2.33. The Balaban J connectivity index is 1.76. The number of thiazole rings is 1. The number of aromatic nitrogens is 1. The molecule has 134 valence electrons. The number of carbonyl (C=O) groups is 1. The van der Waals surface area contributed by atoms with Gasteiger partial charge in [-0.15, -0.1) is 0 Å². The van der Waals surface area contributed by atoms with Gasteiger partial charge in [-0.3, -0.25) is 9.69 Å². The van der Waals surface area contributed by atoms with Crippen LogP contribution in [-0.4, -0.2) is 84.5 Å². The molecular formula is C17H29N5OS. The number of hydrogen-bond acceptors (Lipinski definition) is 6. The van der Waals surface area contributed by atoms with Gasteiger partial charge in [-0.25, -0.2) is 4.98 Å². The molecule has 1 aromatic heterocycles. The summed E-state index contributed by atoms with van der Waals surface area (Å²) in [7, 11) is 4.40. The van der Waals surface area contributed by atoms with E-state index in [1.54, 1.807) is 0 Å². The fourth-order valence-electron chi connectivity index (χ4n) is 3.78. The Morgan fingerprint density at radius 1 is 1.25 bits per heavy atom. The number of amides is 1. The number of hydrogen-bond donors (Lipinski definition) is 1. The predicted molar refractivity (Wildman–Crippen MR) is 99.0 cm³/mol. The zero-order valence-corrected chi connectivity index (χ0v) is 16.1. The van der Waals surface area contributed by atoms with Gasteiger partial charge in [0.1, 0.15) is 4.88 Å². The average Bonchev–Trinajstić information content (AvgIpc) is 2.93. The van der Waals surface area contributed by atoms with Crippen LogP contribution in [0.5, 0.6) is 0 Å². The summed E-state index contributed by atoms with van der Waals surface area (Å²) in [5.74, 6) is 0.153. The highest BCUT2D eigenvalue weighted by molar-refractivity contribution is 7.17. The molecule has 7 heteroatoms. The molecule has 0 radical (unpaired) electrons. The molecule has 6 nitrogen and oxygen atoms in total. The minimum atomic E-state index is 0.142. The third-order valence-corrected chi connectivity index (χ3v) is 6.63. The predicted octanol–water partition coefficient (Wildman–Crippen LogP) is 1.74. The molecule has 1 spiro atoms. The van der Waals surface area contributed by atoms with Crippen molar-refractivity contribution in [2.45, 2.75) is 32.2 Å². The molecule has 0 atom stereocenters. The molecule has 2 fully saturated rings. The van der Waals surface area contributed by atoms with E-state index in [0.29, 0.717) is 0 Å². The van der Waals surface area contributed by atoms with Crippen LogP contribution in [0.1, 0.15) is 35.1 Å². The largest absolute Gasteiger partial charge is 0.362 e. The Morgan fingerprint density at radius 3 is 2.62 bits per heavy atom. The van der Waals surface area contributed by atoms with Crippen LogP contribution in [0.2, 0.25) is 0 Å². The number of anilines is 1. The zero-order valence-electron chi connectivity index (χ0n) is 15.3. The van der Waals surface area contributed by atoms with Gasteiger partial charge >= 0.3 is 0 Å². The first kappa shape index (κ1) is 17.6. The van der Waals surface area contributed by atoms with E-state index in [1.807, 2.05) is 13.8 Å². The second-order valence-electron chi connectivity index (χ2n) is 7.14. The molecule has 2 aliphatic heterocycles. The molecule has 3 heterocycles. The lowest BCUT2D eigenvalue weighted by atomic mass is 9.84. The number of carbonyl (C=O) groups excluding carboxylic acids is 1. The first-order chi connectivity index (χ1) is 11.4. The molecule has 24 heavy (non-hydrogen) atoms. The van der Waals surface area contributed by atoms with Crippen molar-refractivity contribution in [2.75, 3.05) is 58.7 Å². The number of likely N-dealkylation sites (N-methyl/N-ethyl adjacent to an activating group) is 1. The summed E-state index contributed by atoms with van der Waals surface area (Å²) in [5, 5.41) is 4.07. The van der Waals surface area contributed by atoms with Crippen LogP contribution < -0.4 is 5.32 Å². The molecule has 0 aromatic carbocycles. The van der Waals surface area contributed by atoms with E-state index in [9.17, 15) is 4.79 Å². The van der Waals surface area contributed by atoms with Gasteiger partial charge in [0.25, 0.3) is 5.91 Å². The maximum atomic E-state index is 13.1. The Morgan fingerprint density at radius 2 is 1.96 bits per heavy atom. The molecule has 1 N–H and O–H groups in total. The summed E-state index contributed by atoms with van der Waals surface area (Å²) in [5.41, 5.74) is 0.987. The van der Waals surface area contributed by atoms with E-state index in [1.165, 1.54) is 11.3 Å². The van der Waals surface area contributed by atoms with Crippen molar-refractivity contribution >= 4 is 22.4 Å². The number of nitrogens with one attached hydrogen (secondary N) is 1. The Hall–Kier alpha value is -1.18. The van der Waals surface area contributed by atoms with E-state index < -0.39 is 0 Å². The third-order valence-electron chi connectivity index (χ3n) is 5.52. The molecule has 1 amide bonds. The topological polar surface area (TPSA) is 51.7 Å².